The summed E-state index contributed by atoms with van der Waals surface area (Å²) in [6, 6.07) is 5.27. The Hall–Kier alpha value is -1.61. The Morgan fingerprint density at radius 2 is 2.05 bits per heavy atom. The zero-order chi connectivity index (χ0) is 14.8. The van der Waals surface area contributed by atoms with Gasteiger partial charge in [0.15, 0.2) is 0 Å². The zero-order valence-electron chi connectivity index (χ0n) is 10.3. The summed E-state index contributed by atoms with van der Waals surface area (Å²) in [5, 5.41) is 4.01. The second-order valence-corrected chi connectivity index (χ2v) is 6.13. The molecule has 0 aromatic carbocycles. The van der Waals surface area contributed by atoms with Gasteiger partial charge in [-0.05, 0) is 12.1 Å². The molecule has 0 radical (unpaired) electrons. The number of hydrogen-bond donors (Lipinski definition) is 1. The molecule has 20 heavy (non-hydrogen) atoms. The van der Waals surface area contributed by atoms with Gasteiger partial charge in [-0.1, -0.05) is 6.07 Å². The highest BCUT2D eigenvalue weighted by molar-refractivity contribution is 7.89. The molecule has 0 amide bonds. The average molecular weight is 307 g/mol. The molecule has 0 saturated carbocycles. The van der Waals surface area contributed by atoms with Gasteiger partial charge in [0, 0.05) is 18.3 Å². The molecule has 0 aliphatic carbocycles. The summed E-state index contributed by atoms with van der Waals surface area (Å²) in [6.07, 6.45) is -2.69. The van der Waals surface area contributed by atoms with Crippen LogP contribution in [0.5, 0.6) is 0 Å². The van der Waals surface area contributed by atoms with Gasteiger partial charge in [0.2, 0.25) is 10.0 Å². The molecular weight excluding hydrogens is 295 g/mol. The molecule has 2 rings (SSSR count). The van der Waals surface area contributed by atoms with Gasteiger partial charge >= 0.3 is 6.18 Å². The van der Waals surface area contributed by atoms with Crippen LogP contribution in [-0.2, 0) is 16.6 Å². The van der Waals surface area contributed by atoms with Crippen molar-refractivity contribution in [3.05, 3.63) is 36.2 Å². The quantitative estimate of drug-likeness (QED) is 0.914. The van der Waals surface area contributed by atoms with Crippen LogP contribution < -0.4 is 4.72 Å². The van der Waals surface area contributed by atoms with E-state index in [1.165, 1.54) is 6.20 Å². The van der Waals surface area contributed by atoms with E-state index in [0.29, 0.717) is 11.1 Å². The largest absolute Gasteiger partial charge is 0.390 e. The van der Waals surface area contributed by atoms with E-state index in [1.54, 1.807) is 28.9 Å². The van der Waals surface area contributed by atoms with Gasteiger partial charge in [0.25, 0.3) is 0 Å². The molecule has 0 atom stereocenters. The van der Waals surface area contributed by atoms with Crippen molar-refractivity contribution in [2.24, 2.45) is 0 Å². The van der Waals surface area contributed by atoms with Crippen LogP contribution in [0.3, 0.4) is 0 Å². The third-order valence-electron chi connectivity index (χ3n) is 2.64. The van der Waals surface area contributed by atoms with Gasteiger partial charge in [-0.15, -0.1) is 0 Å². The first-order valence-corrected chi connectivity index (χ1v) is 7.37. The molecule has 0 aliphatic heterocycles. The Kier molecular flexibility index (Phi) is 4.00. The van der Waals surface area contributed by atoms with Crippen LogP contribution in [0.2, 0.25) is 0 Å². The fourth-order valence-corrected chi connectivity index (χ4v) is 2.65. The standard InChI is InChI=1S/C11H12F3N3O2S/c12-11(13,14)4-6-20(18,19)16-8-9-7-15-17-5-2-1-3-10(9)17/h1-3,5,7,16H,4,6,8H2. The highest BCUT2D eigenvalue weighted by Crippen LogP contribution is 2.20. The lowest BCUT2D eigenvalue weighted by atomic mass is 10.3. The fourth-order valence-electron chi connectivity index (χ4n) is 1.63. The number of rotatable bonds is 5. The first-order chi connectivity index (χ1) is 9.27. The van der Waals surface area contributed by atoms with Gasteiger partial charge in [-0.3, -0.25) is 0 Å². The third kappa shape index (κ3) is 3.94. The van der Waals surface area contributed by atoms with Gasteiger partial charge in [0.05, 0.1) is 23.9 Å². The monoisotopic (exact) mass is 307 g/mol. The summed E-state index contributed by atoms with van der Waals surface area (Å²) < 4.78 is 62.6. The molecule has 0 fully saturated rings. The number of nitrogens with one attached hydrogen (secondary N) is 1. The molecule has 5 nitrogen and oxygen atoms in total. The molecule has 0 aliphatic rings. The van der Waals surface area contributed by atoms with E-state index in [4.69, 9.17) is 0 Å². The van der Waals surface area contributed by atoms with Crippen molar-refractivity contribution >= 4 is 15.5 Å². The Labute approximate surface area is 113 Å². The van der Waals surface area contributed by atoms with E-state index < -0.39 is 28.4 Å². The second kappa shape index (κ2) is 5.41. The summed E-state index contributed by atoms with van der Waals surface area (Å²) in [5.41, 5.74) is 1.30. The molecule has 2 aromatic rings. The molecule has 0 spiro atoms. The first kappa shape index (κ1) is 14.8. The van der Waals surface area contributed by atoms with E-state index in [0.717, 1.165) is 0 Å². The topological polar surface area (TPSA) is 63.5 Å². The SMILES string of the molecule is O=S(=O)(CCC(F)(F)F)NCc1cnn2ccccc12. The van der Waals surface area contributed by atoms with Crippen molar-refractivity contribution in [3.63, 3.8) is 0 Å². The summed E-state index contributed by atoms with van der Waals surface area (Å²) in [4.78, 5) is 0. The summed E-state index contributed by atoms with van der Waals surface area (Å²) in [7, 11) is -3.97. The number of fused-ring (bicyclic) bond motifs is 1. The van der Waals surface area contributed by atoms with Gasteiger partial charge in [-0.2, -0.15) is 18.3 Å². The molecule has 2 heterocycles. The minimum Gasteiger partial charge on any atom is -0.241 e. The van der Waals surface area contributed by atoms with Crippen molar-refractivity contribution in [2.45, 2.75) is 19.1 Å². The molecule has 1 N–H and O–H groups in total. The van der Waals surface area contributed by atoms with Crippen molar-refractivity contribution in [2.75, 3.05) is 5.75 Å². The van der Waals surface area contributed by atoms with E-state index in [2.05, 4.69) is 9.82 Å². The van der Waals surface area contributed by atoms with Crippen molar-refractivity contribution in [1.29, 1.82) is 0 Å². The maximum atomic E-state index is 12.0. The minimum atomic E-state index is -4.49. The van der Waals surface area contributed by atoms with Crippen molar-refractivity contribution < 1.29 is 21.6 Å². The maximum absolute atomic E-state index is 12.0. The lowest BCUT2D eigenvalue weighted by Gasteiger charge is -2.08. The minimum absolute atomic E-state index is 0.0896. The third-order valence-corrected chi connectivity index (χ3v) is 3.97. The van der Waals surface area contributed by atoms with E-state index in [9.17, 15) is 21.6 Å². The van der Waals surface area contributed by atoms with Crippen LogP contribution in [0, 0.1) is 0 Å². The molecule has 110 valence electrons. The van der Waals surface area contributed by atoms with Crippen molar-refractivity contribution in [3.8, 4) is 0 Å². The number of nitrogens with zero attached hydrogens (tertiary/aromatic N) is 2. The van der Waals surface area contributed by atoms with Crippen molar-refractivity contribution in [1.82, 2.24) is 14.3 Å². The number of halogens is 3. The van der Waals surface area contributed by atoms with Crippen LogP contribution in [0.15, 0.2) is 30.6 Å². The smallest absolute Gasteiger partial charge is 0.241 e. The van der Waals surface area contributed by atoms with E-state index >= 15 is 0 Å². The maximum Gasteiger partial charge on any atom is 0.390 e. The molecule has 0 unspecified atom stereocenters. The zero-order valence-corrected chi connectivity index (χ0v) is 11.1. The molecular formula is C11H12F3N3O2S. The lowest BCUT2D eigenvalue weighted by molar-refractivity contribution is -0.129. The normalized spacial score (nSPS) is 12.9. The van der Waals surface area contributed by atoms with Gasteiger partial charge in [0.1, 0.15) is 0 Å². The summed E-state index contributed by atoms with van der Waals surface area (Å²) >= 11 is 0. The Bertz CT molecular complexity index is 694. The molecule has 0 saturated heterocycles. The summed E-state index contributed by atoms with van der Waals surface area (Å²) in [6.45, 7) is -0.0896. The number of hydrogen-bond acceptors (Lipinski definition) is 3. The summed E-state index contributed by atoms with van der Waals surface area (Å²) in [5.74, 6) is -0.976. The van der Waals surface area contributed by atoms with Gasteiger partial charge < -0.3 is 0 Å². The predicted octanol–water partition coefficient (Wildman–Crippen LogP) is 1.71. The second-order valence-electron chi connectivity index (χ2n) is 4.21. The van der Waals surface area contributed by atoms with Crippen LogP contribution >= 0.6 is 0 Å². The Morgan fingerprint density at radius 1 is 1.30 bits per heavy atom. The number of sulfonamides is 1. The highest BCUT2D eigenvalue weighted by atomic mass is 32.2. The highest BCUT2D eigenvalue weighted by Gasteiger charge is 2.29. The predicted molar refractivity (Wildman–Crippen MR) is 66.5 cm³/mol. The molecule has 2 aromatic heterocycles. The van der Waals surface area contributed by atoms with Crippen LogP contribution in [0.25, 0.3) is 5.52 Å². The van der Waals surface area contributed by atoms with E-state index in [1.807, 2.05) is 0 Å². The van der Waals surface area contributed by atoms with Crippen LogP contribution in [0.1, 0.15) is 12.0 Å². The van der Waals surface area contributed by atoms with E-state index in [-0.39, 0.29) is 6.54 Å². The number of alkyl halides is 3. The van der Waals surface area contributed by atoms with Crippen LogP contribution in [-0.4, -0.2) is 30.0 Å². The average Bonchev–Trinajstić information content (AvgIpc) is 2.77. The number of pyridine rings is 1. The Balaban J connectivity index is 2.01. The van der Waals surface area contributed by atoms with Gasteiger partial charge in [-0.25, -0.2) is 17.7 Å². The fraction of sp³-hybridized carbons (Fsp3) is 0.364. The first-order valence-electron chi connectivity index (χ1n) is 5.72. The van der Waals surface area contributed by atoms with Crippen LogP contribution in [0.4, 0.5) is 13.2 Å². The number of aromatic nitrogens is 2. The lowest BCUT2D eigenvalue weighted by Crippen LogP contribution is -2.28. The Morgan fingerprint density at radius 3 is 2.75 bits per heavy atom. The molecule has 0 bridgehead atoms. The molecule has 9 heteroatoms.